The van der Waals surface area contributed by atoms with Gasteiger partial charge in [-0.15, -0.1) is 0 Å². The van der Waals surface area contributed by atoms with Crippen molar-refractivity contribution in [1.82, 2.24) is 9.97 Å². The zero-order valence-electron chi connectivity index (χ0n) is 10.7. The van der Waals surface area contributed by atoms with Gasteiger partial charge in [0, 0.05) is 6.20 Å². The zero-order chi connectivity index (χ0) is 12.7. The molecular formula is C15H14N2O. The largest absolute Gasteiger partial charge is 0.459 e. The van der Waals surface area contributed by atoms with Crippen LogP contribution >= 0.6 is 0 Å². The van der Waals surface area contributed by atoms with E-state index in [9.17, 15) is 0 Å². The molecule has 0 fully saturated rings. The predicted molar refractivity (Wildman–Crippen MR) is 73.4 cm³/mol. The van der Waals surface area contributed by atoms with E-state index in [4.69, 9.17) is 4.42 Å². The number of aromatic nitrogens is 2. The summed E-state index contributed by atoms with van der Waals surface area (Å²) in [5.41, 5.74) is 4.65. The Hall–Kier alpha value is -2.16. The molecule has 18 heavy (non-hydrogen) atoms. The zero-order valence-corrected chi connectivity index (χ0v) is 10.7. The van der Waals surface area contributed by atoms with E-state index in [1.807, 2.05) is 45.0 Å². The molecule has 0 saturated carbocycles. The first kappa shape index (κ1) is 11.0. The molecule has 0 aliphatic carbocycles. The van der Waals surface area contributed by atoms with Crippen LogP contribution in [0.4, 0.5) is 0 Å². The van der Waals surface area contributed by atoms with Crippen molar-refractivity contribution in [3.8, 4) is 0 Å². The van der Waals surface area contributed by atoms with Crippen LogP contribution in [-0.2, 0) is 0 Å². The molecule has 3 aromatic rings. The molecule has 0 bridgehead atoms. The molecule has 3 heterocycles. The lowest BCUT2D eigenvalue weighted by atomic mass is 10.1. The van der Waals surface area contributed by atoms with Crippen molar-refractivity contribution in [2.45, 2.75) is 20.8 Å². The molecule has 0 unspecified atom stereocenters. The summed E-state index contributed by atoms with van der Waals surface area (Å²) in [6.45, 7) is 6.00. The quantitative estimate of drug-likeness (QED) is 0.640. The molecule has 3 rings (SSSR count). The minimum atomic E-state index is 0.828. The van der Waals surface area contributed by atoms with Crippen LogP contribution in [0.5, 0.6) is 0 Å². The maximum atomic E-state index is 5.79. The number of allylic oxidation sites excluding steroid dienone is 2. The second-order valence-electron chi connectivity index (χ2n) is 4.40. The van der Waals surface area contributed by atoms with Gasteiger partial charge in [-0.2, -0.15) is 0 Å². The van der Waals surface area contributed by atoms with Gasteiger partial charge in [0.05, 0.1) is 16.4 Å². The maximum absolute atomic E-state index is 5.79. The van der Waals surface area contributed by atoms with Crippen molar-refractivity contribution in [3.63, 3.8) is 0 Å². The highest BCUT2D eigenvalue weighted by atomic mass is 16.3. The second-order valence-corrected chi connectivity index (χ2v) is 4.40. The van der Waals surface area contributed by atoms with Gasteiger partial charge in [0.2, 0.25) is 0 Å². The van der Waals surface area contributed by atoms with Gasteiger partial charge in [-0.1, -0.05) is 6.08 Å². The Labute approximate surface area is 105 Å². The molecule has 0 atom stereocenters. The fourth-order valence-corrected chi connectivity index (χ4v) is 2.14. The molecule has 3 nitrogen and oxygen atoms in total. The third-order valence-electron chi connectivity index (χ3n) is 3.15. The standard InChI is InChI=1S/C15H14N2O/c1-4-9(2)13-15-11(8-10(3)18-15)14-12(17-13)6-5-7-16-14/h4-8H,1-3H3/b9-4+. The SMILES string of the molecule is C/C=C(\C)c1nc2cccnc2c2cc(C)oc12. The molecule has 3 aromatic heterocycles. The van der Waals surface area contributed by atoms with Gasteiger partial charge in [0.25, 0.3) is 0 Å². The molecule has 0 spiro atoms. The fraction of sp³-hybridized carbons (Fsp3) is 0.200. The summed E-state index contributed by atoms with van der Waals surface area (Å²) in [5, 5.41) is 1.04. The van der Waals surface area contributed by atoms with E-state index < -0.39 is 0 Å². The smallest absolute Gasteiger partial charge is 0.162 e. The Morgan fingerprint density at radius 1 is 1.39 bits per heavy atom. The minimum absolute atomic E-state index is 0.828. The highest BCUT2D eigenvalue weighted by molar-refractivity contribution is 6.05. The van der Waals surface area contributed by atoms with E-state index in [0.717, 1.165) is 39.0 Å². The molecular weight excluding hydrogens is 224 g/mol. The predicted octanol–water partition coefficient (Wildman–Crippen LogP) is 4.11. The maximum Gasteiger partial charge on any atom is 0.162 e. The number of hydrogen-bond donors (Lipinski definition) is 0. The topological polar surface area (TPSA) is 38.9 Å². The second kappa shape index (κ2) is 3.95. The van der Waals surface area contributed by atoms with Crippen molar-refractivity contribution in [1.29, 1.82) is 0 Å². The molecule has 0 aliphatic heterocycles. The van der Waals surface area contributed by atoms with Crippen molar-refractivity contribution in [2.24, 2.45) is 0 Å². The third-order valence-corrected chi connectivity index (χ3v) is 3.15. The summed E-state index contributed by atoms with van der Waals surface area (Å²) in [6, 6.07) is 5.91. The minimum Gasteiger partial charge on any atom is -0.459 e. The number of hydrogen-bond acceptors (Lipinski definition) is 3. The van der Waals surface area contributed by atoms with Crippen LogP contribution in [0, 0.1) is 6.92 Å². The van der Waals surface area contributed by atoms with Crippen molar-refractivity contribution >= 4 is 27.6 Å². The van der Waals surface area contributed by atoms with Crippen LogP contribution in [-0.4, -0.2) is 9.97 Å². The van der Waals surface area contributed by atoms with E-state index in [2.05, 4.69) is 9.97 Å². The molecule has 3 heteroatoms. The first-order valence-corrected chi connectivity index (χ1v) is 5.99. The lowest BCUT2D eigenvalue weighted by Gasteiger charge is -2.04. The van der Waals surface area contributed by atoms with Crippen LogP contribution in [0.25, 0.3) is 27.6 Å². The summed E-state index contributed by atoms with van der Waals surface area (Å²) in [7, 11) is 0. The number of aryl methyl sites for hydroxylation is 1. The number of furan rings is 1. The number of pyridine rings is 2. The van der Waals surface area contributed by atoms with Gasteiger partial charge in [0.1, 0.15) is 11.5 Å². The molecule has 0 amide bonds. The lowest BCUT2D eigenvalue weighted by molar-refractivity contribution is 0.576. The fourth-order valence-electron chi connectivity index (χ4n) is 2.14. The highest BCUT2D eigenvalue weighted by Gasteiger charge is 2.14. The average Bonchev–Trinajstić information content (AvgIpc) is 2.78. The monoisotopic (exact) mass is 238 g/mol. The molecule has 0 saturated heterocycles. The summed E-state index contributed by atoms with van der Waals surface area (Å²) in [4.78, 5) is 9.07. The van der Waals surface area contributed by atoms with Gasteiger partial charge in [-0.25, -0.2) is 4.98 Å². The molecule has 0 N–H and O–H groups in total. The molecule has 0 radical (unpaired) electrons. The van der Waals surface area contributed by atoms with Crippen molar-refractivity contribution in [2.75, 3.05) is 0 Å². The van der Waals surface area contributed by atoms with Gasteiger partial charge in [-0.3, -0.25) is 4.98 Å². The lowest BCUT2D eigenvalue weighted by Crippen LogP contribution is -1.90. The Morgan fingerprint density at radius 2 is 2.22 bits per heavy atom. The van der Waals surface area contributed by atoms with E-state index in [1.165, 1.54) is 0 Å². The van der Waals surface area contributed by atoms with Crippen LogP contribution < -0.4 is 0 Å². The Bertz CT molecular complexity index is 769. The average molecular weight is 238 g/mol. The first-order chi connectivity index (χ1) is 8.70. The van der Waals surface area contributed by atoms with Gasteiger partial charge < -0.3 is 4.42 Å². The van der Waals surface area contributed by atoms with Crippen LogP contribution in [0.3, 0.4) is 0 Å². The van der Waals surface area contributed by atoms with Gasteiger partial charge >= 0.3 is 0 Å². The van der Waals surface area contributed by atoms with E-state index in [1.54, 1.807) is 6.20 Å². The Kier molecular flexibility index (Phi) is 2.40. The summed E-state index contributed by atoms with van der Waals surface area (Å²) in [6.07, 6.45) is 3.83. The van der Waals surface area contributed by atoms with Gasteiger partial charge in [0.15, 0.2) is 5.58 Å². The van der Waals surface area contributed by atoms with Crippen molar-refractivity contribution in [3.05, 3.63) is 41.9 Å². The molecule has 0 aromatic carbocycles. The number of nitrogens with zero attached hydrogens (tertiary/aromatic N) is 2. The molecule has 90 valence electrons. The Balaban J connectivity index is 2.54. The van der Waals surface area contributed by atoms with E-state index in [-0.39, 0.29) is 0 Å². The Morgan fingerprint density at radius 3 is 3.00 bits per heavy atom. The summed E-state index contributed by atoms with van der Waals surface area (Å²) < 4.78 is 5.79. The van der Waals surface area contributed by atoms with Crippen LogP contribution in [0.15, 0.2) is 34.9 Å². The normalized spacial score (nSPS) is 12.5. The summed E-state index contributed by atoms with van der Waals surface area (Å²) in [5.74, 6) is 0.884. The number of rotatable bonds is 1. The van der Waals surface area contributed by atoms with E-state index in [0.29, 0.717) is 0 Å². The first-order valence-electron chi connectivity index (χ1n) is 5.99. The highest BCUT2D eigenvalue weighted by Crippen LogP contribution is 2.30. The van der Waals surface area contributed by atoms with E-state index >= 15 is 0 Å². The number of fused-ring (bicyclic) bond motifs is 3. The van der Waals surface area contributed by atoms with Crippen LogP contribution in [0.1, 0.15) is 25.3 Å². The molecule has 0 aliphatic rings. The summed E-state index contributed by atoms with van der Waals surface area (Å²) >= 11 is 0. The van der Waals surface area contributed by atoms with Crippen molar-refractivity contribution < 1.29 is 4.42 Å². The third kappa shape index (κ3) is 1.51. The van der Waals surface area contributed by atoms with Gasteiger partial charge in [-0.05, 0) is 44.5 Å². The van der Waals surface area contributed by atoms with Crippen LogP contribution in [0.2, 0.25) is 0 Å².